The summed E-state index contributed by atoms with van der Waals surface area (Å²) < 4.78 is 12.0. The summed E-state index contributed by atoms with van der Waals surface area (Å²) in [5.41, 5.74) is 7.16. The number of aromatic amines is 1. The molecule has 2 aromatic carbocycles. The van der Waals surface area contributed by atoms with Crippen LogP contribution in [0.2, 0.25) is 0 Å². The van der Waals surface area contributed by atoms with E-state index in [0.717, 1.165) is 78.8 Å². The zero-order valence-corrected chi connectivity index (χ0v) is 23.1. The highest BCUT2D eigenvalue weighted by atomic mass is 16.5. The maximum atomic E-state index is 12.6. The number of fused-ring (bicyclic) bond motifs is 2. The van der Waals surface area contributed by atoms with Crippen LogP contribution in [0, 0.1) is 5.92 Å². The summed E-state index contributed by atoms with van der Waals surface area (Å²) in [5, 5.41) is 3.69. The van der Waals surface area contributed by atoms with E-state index in [-0.39, 0.29) is 5.56 Å². The van der Waals surface area contributed by atoms with Gasteiger partial charge in [-0.15, -0.1) is 0 Å². The van der Waals surface area contributed by atoms with Crippen molar-refractivity contribution in [2.45, 2.75) is 19.3 Å². The quantitative estimate of drug-likeness (QED) is 0.298. The van der Waals surface area contributed by atoms with Gasteiger partial charge in [-0.05, 0) is 66.8 Å². The zero-order valence-electron chi connectivity index (χ0n) is 23.1. The first-order valence-electron chi connectivity index (χ1n) is 14.6. The molecule has 0 saturated carbocycles. The van der Waals surface area contributed by atoms with Gasteiger partial charge in [0.05, 0.1) is 18.9 Å². The molecule has 0 unspecified atom stereocenters. The van der Waals surface area contributed by atoms with Gasteiger partial charge in [-0.3, -0.25) is 9.78 Å². The minimum atomic E-state index is -0.114. The molecule has 41 heavy (non-hydrogen) atoms. The van der Waals surface area contributed by atoms with E-state index in [1.54, 1.807) is 6.07 Å². The summed E-state index contributed by atoms with van der Waals surface area (Å²) in [6, 6.07) is 20.5. The minimum Gasteiger partial charge on any atom is -0.456 e. The number of nitrogens with one attached hydrogen (secondary N) is 2. The third-order valence-electron chi connectivity index (χ3n) is 8.48. The van der Waals surface area contributed by atoms with Gasteiger partial charge in [0.15, 0.2) is 0 Å². The third kappa shape index (κ3) is 5.52. The number of anilines is 3. The van der Waals surface area contributed by atoms with E-state index in [1.165, 1.54) is 24.1 Å². The predicted octanol–water partition coefficient (Wildman–Crippen LogP) is 5.30. The summed E-state index contributed by atoms with van der Waals surface area (Å²) in [4.78, 5) is 24.5. The lowest BCUT2D eigenvalue weighted by molar-refractivity contribution is 0.122. The van der Waals surface area contributed by atoms with Crippen molar-refractivity contribution in [2.75, 3.05) is 61.1 Å². The maximum absolute atomic E-state index is 12.6. The van der Waals surface area contributed by atoms with Crippen LogP contribution in [0.25, 0.3) is 11.3 Å². The van der Waals surface area contributed by atoms with Gasteiger partial charge in [0.1, 0.15) is 11.5 Å². The lowest BCUT2D eigenvalue weighted by Crippen LogP contribution is -2.36. The van der Waals surface area contributed by atoms with Crippen LogP contribution in [0.5, 0.6) is 11.5 Å². The molecule has 210 valence electrons. The van der Waals surface area contributed by atoms with Gasteiger partial charge in [0, 0.05) is 85.8 Å². The standard InChI is InChI=1S/C33H35N5O3/c39-32-21-28(38-14-16-40-17-15-38)20-30(36-32)29-3-1-2-24-18-25-19-26(4-5-31(25)41-33(24)29)35-22-23-8-12-37(13-9-23)27-6-10-34-11-7-27/h1-7,10-11,19-21,23,35H,8-9,12-18,22H2,(H,36,39). The Morgan fingerprint density at radius 3 is 2.51 bits per heavy atom. The van der Waals surface area contributed by atoms with Crippen molar-refractivity contribution < 1.29 is 9.47 Å². The second-order valence-corrected chi connectivity index (χ2v) is 11.1. The molecule has 3 aliphatic heterocycles. The highest BCUT2D eigenvalue weighted by Crippen LogP contribution is 2.43. The van der Waals surface area contributed by atoms with Crippen molar-refractivity contribution in [1.82, 2.24) is 9.97 Å². The first-order chi connectivity index (χ1) is 20.2. The number of rotatable bonds is 6. The summed E-state index contributed by atoms with van der Waals surface area (Å²) >= 11 is 0. The Morgan fingerprint density at radius 1 is 0.878 bits per heavy atom. The smallest absolute Gasteiger partial charge is 0.250 e. The Balaban J connectivity index is 1.03. The van der Waals surface area contributed by atoms with Gasteiger partial charge in [-0.2, -0.15) is 0 Å². The number of nitrogens with zero attached hydrogens (tertiary/aromatic N) is 3. The van der Waals surface area contributed by atoms with E-state index in [2.05, 4.69) is 67.5 Å². The summed E-state index contributed by atoms with van der Waals surface area (Å²) in [6.45, 7) is 6.03. The number of morpholine rings is 1. The topological polar surface area (TPSA) is 82.7 Å². The van der Waals surface area contributed by atoms with Gasteiger partial charge in [-0.1, -0.05) is 12.1 Å². The first-order valence-corrected chi connectivity index (χ1v) is 14.6. The number of hydrogen-bond acceptors (Lipinski definition) is 7. The SMILES string of the molecule is O=c1cc(N2CCOCC2)cc(-c2cccc3c2Oc2ccc(NCC4CCN(c5ccncc5)CC4)cc2C3)[nH]1. The van der Waals surface area contributed by atoms with E-state index in [4.69, 9.17) is 9.47 Å². The molecule has 2 aromatic heterocycles. The number of para-hydroxylation sites is 1. The number of piperidine rings is 1. The van der Waals surface area contributed by atoms with Crippen LogP contribution in [-0.2, 0) is 11.2 Å². The highest BCUT2D eigenvalue weighted by molar-refractivity contribution is 5.74. The van der Waals surface area contributed by atoms with Crippen LogP contribution in [0.15, 0.2) is 77.9 Å². The van der Waals surface area contributed by atoms with E-state index in [0.29, 0.717) is 19.1 Å². The van der Waals surface area contributed by atoms with Crippen LogP contribution >= 0.6 is 0 Å². The van der Waals surface area contributed by atoms with Crippen LogP contribution < -0.4 is 25.4 Å². The Morgan fingerprint density at radius 2 is 1.68 bits per heavy atom. The second-order valence-electron chi connectivity index (χ2n) is 11.1. The molecule has 0 bridgehead atoms. The number of hydrogen-bond donors (Lipinski definition) is 2. The molecule has 8 nitrogen and oxygen atoms in total. The molecule has 2 saturated heterocycles. The average Bonchev–Trinajstić information content (AvgIpc) is 3.03. The van der Waals surface area contributed by atoms with Gasteiger partial charge < -0.3 is 29.6 Å². The molecular formula is C33H35N5O3. The van der Waals surface area contributed by atoms with Gasteiger partial charge >= 0.3 is 0 Å². The normalized spacial score (nSPS) is 17.0. The molecular weight excluding hydrogens is 514 g/mol. The minimum absolute atomic E-state index is 0.114. The molecule has 5 heterocycles. The van der Waals surface area contributed by atoms with Crippen molar-refractivity contribution in [1.29, 1.82) is 0 Å². The van der Waals surface area contributed by atoms with E-state index in [1.807, 2.05) is 24.5 Å². The highest BCUT2D eigenvalue weighted by Gasteiger charge is 2.23. The van der Waals surface area contributed by atoms with Crippen molar-refractivity contribution in [3.63, 3.8) is 0 Å². The van der Waals surface area contributed by atoms with Crippen LogP contribution in [-0.4, -0.2) is 55.9 Å². The Bertz CT molecular complexity index is 1570. The lowest BCUT2D eigenvalue weighted by atomic mass is 9.95. The zero-order chi connectivity index (χ0) is 27.6. The van der Waals surface area contributed by atoms with Crippen molar-refractivity contribution >= 4 is 17.1 Å². The second kappa shape index (κ2) is 11.3. The van der Waals surface area contributed by atoms with E-state index >= 15 is 0 Å². The van der Waals surface area contributed by atoms with Crippen molar-refractivity contribution in [3.05, 3.63) is 94.5 Å². The fourth-order valence-corrected chi connectivity index (χ4v) is 6.19. The maximum Gasteiger partial charge on any atom is 0.250 e. The third-order valence-corrected chi connectivity index (χ3v) is 8.48. The summed E-state index contributed by atoms with van der Waals surface area (Å²) in [7, 11) is 0. The first kappa shape index (κ1) is 25.7. The average molecular weight is 550 g/mol. The molecule has 0 aliphatic carbocycles. The van der Waals surface area contributed by atoms with Crippen molar-refractivity contribution in [2.24, 2.45) is 5.92 Å². The van der Waals surface area contributed by atoms with Crippen LogP contribution in [0.4, 0.5) is 17.1 Å². The molecule has 0 atom stereocenters. The predicted molar refractivity (Wildman–Crippen MR) is 163 cm³/mol. The molecule has 2 N–H and O–H groups in total. The number of benzene rings is 2. The number of H-pyrrole nitrogens is 1. The van der Waals surface area contributed by atoms with Crippen LogP contribution in [0.1, 0.15) is 24.0 Å². The molecule has 0 radical (unpaired) electrons. The van der Waals surface area contributed by atoms with Gasteiger partial charge in [-0.25, -0.2) is 0 Å². The van der Waals surface area contributed by atoms with Gasteiger partial charge in [0.25, 0.3) is 0 Å². The number of aromatic nitrogens is 2. The van der Waals surface area contributed by atoms with Gasteiger partial charge in [0.2, 0.25) is 5.56 Å². The largest absolute Gasteiger partial charge is 0.456 e. The Kier molecular flexibility index (Phi) is 7.07. The fraction of sp³-hybridized carbons (Fsp3) is 0.333. The Labute approximate surface area is 239 Å². The number of ether oxygens (including phenoxy) is 2. The molecule has 7 rings (SSSR count). The molecule has 0 amide bonds. The molecule has 3 aliphatic rings. The van der Waals surface area contributed by atoms with E-state index in [9.17, 15) is 4.79 Å². The summed E-state index contributed by atoms with van der Waals surface area (Å²) in [5.74, 6) is 2.34. The molecule has 2 fully saturated rings. The summed E-state index contributed by atoms with van der Waals surface area (Å²) in [6.07, 6.45) is 6.87. The molecule has 8 heteroatoms. The Hall–Kier alpha value is -4.30. The van der Waals surface area contributed by atoms with Crippen LogP contribution in [0.3, 0.4) is 0 Å². The fourth-order valence-electron chi connectivity index (χ4n) is 6.19. The monoisotopic (exact) mass is 549 g/mol. The molecule has 0 spiro atoms. The molecule has 4 aromatic rings. The van der Waals surface area contributed by atoms with E-state index < -0.39 is 0 Å². The number of pyridine rings is 2. The lowest BCUT2D eigenvalue weighted by Gasteiger charge is -2.33. The van der Waals surface area contributed by atoms with Crippen molar-refractivity contribution in [3.8, 4) is 22.8 Å².